The van der Waals surface area contributed by atoms with Gasteiger partial charge in [-0.25, -0.2) is 0 Å². The topological polar surface area (TPSA) is 35.6 Å². The predicted molar refractivity (Wildman–Crippen MR) is 123 cm³/mol. The average Bonchev–Trinajstić information content (AvgIpc) is 3.35. The van der Waals surface area contributed by atoms with Gasteiger partial charge in [0.05, 0.1) is 10.9 Å². The molecule has 0 aliphatic carbocycles. The number of amides is 1. The first kappa shape index (κ1) is 20.3. The lowest BCUT2D eigenvalue weighted by molar-refractivity contribution is 0.103. The highest BCUT2D eigenvalue weighted by atomic mass is 32.1. The van der Waals surface area contributed by atoms with Crippen molar-refractivity contribution in [3.63, 3.8) is 0 Å². The molecule has 2 aromatic heterocycles. The molecule has 1 fully saturated rings. The van der Waals surface area contributed by atoms with Crippen LogP contribution in [-0.2, 0) is 0 Å². The highest BCUT2D eigenvalue weighted by Gasteiger charge is 2.31. The lowest BCUT2D eigenvalue weighted by atomic mass is 9.94. The maximum atomic E-state index is 12.8. The van der Waals surface area contributed by atoms with Gasteiger partial charge in [0.15, 0.2) is 0 Å². The van der Waals surface area contributed by atoms with E-state index >= 15 is 0 Å². The molecule has 152 valence electrons. The van der Waals surface area contributed by atoms with Crippen LogP contribution in [0.3, 0.4) is 0 Å². The molecule has 3 aromatic rings. The van der Waals surface area contributed by atoms with Crippen molar-refractivity contribution >= 4 is 33.6 Å². The summed E-state index contributed by atoms with van der Waals surface area (Å²) in [7, 11) is 2.18. The summed E-state index contributed by atoms with van der Waals surface area (Å²) in [5.74, 6) is -0.0207. The Hall–Kier alpha value is -1.99. The number of hydrogen-bond donors (Lipinski definition) is 1. The molecule has 4 rings (SSSR count). The third-order valence-corrected chi connectivity index (χ3v) is 7.70. The van der Waals surface area contributed by atoms with E-state index in [1.54, 1.807) is 11.3 Å². The Morgan fingerprint density at radius 3 is 2.41 bits per heavy atom. The van der Waals surface area contributed by atoms with Gasteiger partial charge in [-0.05, 0) is 43.5 Å². The molecule has 1 aliphatic heterocycles. The molecule has 1 aromatic carbocycles. The number of anilines is 1. The van der Waals surface area contributed by atoms with Gasteiger partial charge in [0.2, 0.25) is 0 Å². The van der Waals surface area contributed by atoms with Crippen LogP contribution in [0, 0.1) is 13.8 Å². The maximum Gasteiger partial charge on any atom is 0.266 e. The number of piperazine rings is 1. The van der Waals surface area contributed by atoms with Crippen molar-refractivity contribution in [3.05, 3.63) is 74.3 Å². The molecule has 0 spiro atoms. The van der Waals surface area contributed by atoms with E-state index in [1.807, 2.05) is 17.5 Å². The van der Waals surface area contributed by atoms with E-state index in [1.165, 1.54) is 32.9 Å². The van der Waals surface area contributed by atoms with Crippen LogP contribution in [-0.4, -0.2) is 48.9 Å². The number of thiophene rings is 2. The van der Waals surface area contributed by atoms with Gasteiger partial charge in [-0.3, -0.25) is 9.69 Å². The molecule has 0 unspecified atom stereocenters. The molecule has 0 radical (unpaired) electrons. The number of benzene rings is 1. The summed E-state index contributed by atoms with van der Waals surface area (Å²) in [4.78, 5) is 19.8. The van der Waals surface area contributed by atoms with E-state index in [2.05, 4.69) is 66.3 Å². The van der Waals surface area contributed by atoms with E-state index in [9.17, 15) is 4.79 Å². The summed E-state index contributed by atoms with van der Waals surface area (Å²) in [6.07, 6.45) is 0. The maximum absolute atomic E-state index is 12.8. The number of likely N-dealkylation sites (N-methyl/N-ethyl adjacent to an activating group) is 1. The number of carbonyl (C=O) groups is 1. The molecule has 1 atom stereocenters. The van der Waals surface area contributed by atoms with Gasteiger partial charge in [-0.2, -0.15) is 0 Å². The smallest absolute Gasteiger partial charge is 0.266 e. The summed E-state index contributed by atoms with van der Waals surface area (Å²) >= 11 is 3.17. The van der Waals surface area contributed by atoms with Gasteiger partial charge in [-0.15, -0.1) is 22.7 Å². The third-order valence-electron chi connectivity index (χ3n) is 5.70. The van der Waals surface area contributed by atoms with Crippen molar-refractivity contribution in [2.45, 2.75) is 19.9 Å². The van der Waals surface area contributed by atoms with Crippen LogP contribution < -0.4 is 5.32 Å². The van der Waals surface area contributed by atoms with Gasteiger partial charge in [-0.1, -0.05) is 36.4 Å². The first-order valence-electron chi connectivity index (χ1n) is 9.97. The minimum atomic E-state index is -0.0207. The minimum Gasteiger partial charge on any atom is -0.313 e. The zero-order valence-electron chi connectivity index (χ0n) is 17.1. The molecule has 29 heavy (non-hydrogen) atoms. The Labute approximate surface area is 180 Å². The minimum absolute atomic E-state index is 0.0207. The summed E-state index contributed by atoms with van der Waals surface area (Å²) in [5.41, 5.74) is 3.81. The van der Waals surface area contributed by atoms with E-state index in [-0.39, 0.29) is 11.9 Å². The van der Waals surface area contributed by atoms with Gasteiger partial charge in [0, 0.05) is 36.6 Å². The van der Waals surface area contributed by atoms with E-state index in [0.29, 0.717) is 0 Å². The number of aryl methyl sites for hydroxylation is 1. The lowest BCUT2D eigenvalue weighted by Gasteiger charge is -2.39. The van der Waals surface area contributed by atoms with Crippen molar-refractivity contribution < 1.29 is 4.79 Å². The van der Waals surface area contributed by atoms with Crippen molar-refractivity contribution in [2.24, 2.45) is 0 Å². The van der Waals surface area contributed by atoms with E-state index in [4.69, 9.17) is 0 Å². The second kappa shape index (κ2) is 8.79. The largest absolute Gasteiger partial charge is 0.313 e. The molecule has 6 heteroatoms. The SMILES string of the molecule is Cc1sc(NC(=O)c2cccs2)c([C@@H](c2ccccc2)N2CCN(C)CC2)c1C. The molecule has 3 heterocycles. The zero-order valence-corrected chi connectivity index (χ0v) is 18.8. The number of rotatable bonds is 5. The van der Waals surface area contributed by atoms with Crippen LogP contribution in [0.1, 0.15) is 37.3 Å². The summed E-state index contributed by atoms with van der Waals surface area (Å²) in [6.45, 7) is 8.49. The fourth-order valence-electron chi connectivity index (χ4n) is 3.91. The molecule has 1 amide bonds. The van der Waals surface area contributed by atoms with Gasteiger partial charge in [0.1, 0.15) is 5.00 Å². The second-order valence-corrected chi connectivity index (χ2v) is 9.78. The Kier molecular flexibility index (Phi) is 6.15. The Balaban J connectivity index is 1.75. The zero-order chi connectivity index (χ0) is 20.4. The molecule has 1 saturated heterocycles. The Morgan fingerprint density at radius 2 is 1.76 bits per heavy atom. The summed E-state index contributed by atoms with van der Waals surface area (Å²) in [6, 6.07) is 14.6. The Bertz CT molecular complexity index is 958. The van der Waals surface area contributed by atoms with Crippen LogP contribution in [0.2, 0.25) is 0 Å². The van der Waals surface area contributed by atoms with E-state index in [0.717, 1.165) is 36.1 Å². The van der Waals surface area contributed by atoms with Crippen molar-refractivity contribution in [2.75, 3.05) is 38.5 Å². The highest BCUT2D eigenvalue weighted by Crippen LogP contribution is 2.42. The number of hydrogen-bond acceptors (Lipinski definition) is 5. The molecule has 0 saturated carbocycles. The van der Waals surface area contributed by atoms with Crippen molar-refractivity contribution in [1.82, 2.24) is 9.80 Å². The van der Waals surface area contributed by atoms with Crippen molar-refractivity contribution in [1.29, 1.82) is 0 Å². The van der Waals surface area contributed by atoms with Crippen LogP contribution in [0.25, 0.3) is 0 Å². The monoisotopic (exact) mass is 425 g/mol. The molecule has 1 N–H and O–H groups in total. The quantitative estimate of drug-likeness (QED) is 0.624. The highest BCUT2D eigenvalue weighted by molar-refractivity contribution is 7.17. The normalized spacial score (nSPS) is 16.7. The van der Waals surface area contributed by atoms with Gasteiger partial charge < -0.3 is 10.2 Å². The predicted octanol–water partition coefficient (Wildman–Crippen LogP) is 5.02. The van der Waals surface area contributed by atoms with Crippen LogP contribution >= 0.6 is 22.7 Å². The van der Waals surface area contributed by atoms with Crippen LogP contribution in [0.4, 0.5) is 5.00 Å². The van der Waals surface area contributed by atoms with Gasteiger partial charge >= 0.3 is 0 Å². The molecular weight excluding hydrogens is 398 g/mol. The van der Waals surface area contributed by atoms with Crippen LogP contribution in [0.15, 0.2) is 47.8 Å². The first-order chi connectivity index (χ1) is 14.0. The fraction of sp³-hybridized carbons (Fsp3) is 0.348. The fourth-order valence-corrected chi connectivity index (χ4v) is 5.62. The summed E-state index contributed by atoms with van der Waals surface area (Å²) < 4.78 is 0. The molecule has 4 nitrogen and oxygen atoms in total. The second-order valence-electron chi connectivity index (χ2n) is 7.61. The number of nitrogens with one attached hydrogen (secondary N) is 1. The summed E-state index contributed by atoms with van der Waals surface area (Å²) in [5, 5.41) is 6.15. The third kappa shape index (κ3) is 4.31. The standard InChI is InChI=1S/C23H27N3OS2/c1-16-17(2)29-23(24-22(27)19-10-7-15-28-19)20(16)21(18-8-5-4-6-9-18)26-13-11-25(3)12-14-26/h4-10,15,21H,11-14H2,1-3H3,(H,24,27)/t21-/m1/s1. The Morgan fingerprint density at radius 1 is 1.03 bits per heavy atom. The van der Waals surface area contributed by atoms with Crippen molar-refractivity contribution in [3.8, 4) is 0 Å². The lowest BCUT2D eigenvalue weighted by Crippen LogP contribution is -2.46. The molecule has 0 bridgehead atoms. The van der Waals surface area contributed by atoms with Crippen LogP contribution in [0.5, 0.6) is 0 Å². The molecular formula is C23H27N3OS2. The van der Waals surface area contributed by atoms with E-state index < -0.39 is 0 Å². The van der Waals surface area contributed by atoms with Gasteiger partial charge in [0.25, 0.3) is 5.91 Å². The first-order valence-corrected chi connectivity index (χ1v) is 11.7. The number of carbonyl (C=O) groups excluding carboxylic acids is 1. The average molecular weight is 426 g/mol. The molecule has 1 aliphatic rings. The number of nitrogens with zero attached hydrogens (tertiary/aromatic N) is 2.